The molecule has 0 aliphatic rings. The van der Waals surface area contributed by atoms with Crippen LogP contribution in [0.1, 0.15) is 18.2 Å². The van der Waals surface area contributed by atoms with Gasteiger partial charge in [-0.2, -0.15) is 0 Å². The first-order valence-electron chi connectivity index (χ1n) is 7.89. The molecule has 27 heavy (non-hydrogen) atoms. The summed E-state index contributed by atoms with van der Waals surface area (Å²) in [4.78, 5) is 16.3. The summed E-state index contributed by atoms with van der Waals surface area (Å²) >= 11 is -0.0611. The number of fused-ring (bicyclic) bond motifs is 1. The van der Waals surface area contributed by atoms with Gasteiger partial charge in [0.1, 0.15) is 5.82 Å². The fourth-order valence-electron chi connectivity index (χ4n) is 2.57. The van der Waals surface area contributed by atoms with E-state index in [9.17, 15) is 14.5 Å². The van der Waals surface area contributed by atoms with E-state index < -0.39 is 17.3 Å². The molecule has 8 heteroatoms. The fraction of sp³-hybridized carbons (Fsp3) is 0.0526. The molecule has 2 aromatic heterocycles. The van der Waals surface area contributed by atoms with Crippen molar-refractivity contribution >= 4 is 62.4 Å². The van der Waals surface area contributed by atoms with Crippen molar-refractivity contribution in [1.29, 1.82) is 0 Å². The number of nitrogens with two attached hydrogens (primary N) is 1. The first-order valence-corrected chi connectivity index (χ1v) is 9.98. The molecular formula is C19H17N3O3S2. The summed E-state index contributed by atoms with van der Waals surface area (Å²) in [5.41, 5.74) is 2.15. The van der Waals surface area contributed by atoms with Crippen molar-refractivity contribution in [3.05, 3.63) is 59.1 Å². The van der Waals surface area contributed by atoms with Crippen LogP contribution in [0.25, 0.3) is 22.2 Å². The summed E-state index contributed by atoms with van der Waals surface area (Å²) in [7, 11) is 0. The van der Waals surface area contributed by atoms with Crippen molar-refractivity contribution < 1.29 is 14.5 Å². The molecule has 6 nitrogen and oxygen atoms in total. The molecule has 0 saturated carbocycles. The molecule has 4 N–H and O–H groups in total. The number of hydrogen-bond acceptors (Lipinski definition) is 6. The zero-order chi connectivity index (χ0) is 19.6. The quantitative estimate of drug-likeness (QED) is 0.424. The summed E-state index contributed by atoms with van der Waals surface area (Å²) < 4.78 is 12.5. The number of hydrogen-bond donors (Lipinski definition) is 3. The maximum Gasteiger partial charge on any atom is 0.331 e. The summed E-state index contributed by atoms with van der Waals surface area (Å²) in [5.74, 6) is -0.438. The molecule has 1 unspecified atom stereocenters. The molecule has 0 amide bonds. The lowest BCUT2D eigenvalue weighted by Gasteiger charge is -2.12. The number of rotatable bonds is 6. The summed E-state index contributed by atoms with van der Waals surface area (Å²) in [6, 6.07) is 8.87. The normalized spacial score (nSPS) is 12.8. The van der Waals surface area contributed by atoms with Crippen molar-refractivity contribution in [1.82, 2.24) is 4.98 Å². The van der Waals surface area contributed by atoms with Gasteiger partial charge in [-0.1, -0.05) is 18.7 Å². The molecule has 3 aromatic rings. The smallest absolute Gasteiger partial charge is 0.331 e. The van der Waals surface area contributed by atoms with Gasteiger partial charge in [0.2, 0.25) is 0 Å². The van der Waals surface area contributed by atoms with Gasteiger partial charge in [0.25, 0.3) is 0 Å². The number of carboxylic acid groups (broad SMARTS) is 1. The second kappa shape index (κ2) is 7.93. The van der Waals surface area contributed by atoms with E-state index in [0.29, 0.717) is 22.1 Å². The van der Waals surface area contributed by atoms with Crippen LogP contribution in [-0.4, -0.2) is 20.6 Å². The maximum atomic E-state index is 11.5. The Bertz CT molecular complexity index is 1060. The Balaban J connectivity index is 2.14. The van der Waals surface area contributed by atoms with Gasteiger partial charge in [-0.05, 0) is 36.6 Å². The SMILES string of the molecule is C=Cc1c(/C=C(\C)C(=O)O)nc(Nc2cccc([S+](N)[O-])c2)c2ccsc12. The van der Waals surface area contributed by atoms with E-state index in [1.807, 2.05) is 17.5 Å². The van der Waals surface area contributed by atoms with Gasteiger partial charge in [-0.3, -0.25) is 0 Å². The van der Waals surface area contributed by atoms with Gasteiger partial charge in [-0.15, -0.1) is 16.5 Å². The minimum absolute atomic E-state index is 0.174. The number of benzene rings is 1. The predicted octanol–water partition coefficient (Wildman–Crippen LogP) is 4.15. The fourth-order valence-corrected chi connectivity index (χ4v) is 3.97. The Morgan fingerprint density at radius 3 is 2.89 bits per heavy atom. The molecule has 138 valence electrons. The monoisotopic (exact) mass is 399 g/mol. The highest BCUT2D eigenvalue weighted by Gasteiger charge is 2.14. The maximum absolute atomic E-state index is 11.5. The number of nitrogens with one attached hydrogen (secondary N) is 1. The van der Waals surface area contributed by atoms with E-state index in [4.69, 9.17) is 5.14 Å². The Labute approximate surface area is 163 Å². The van der Waals surface area contributed by atoms with E-state index in [1.165, 1.54) is 24.3 Å². The van der Waals surface area contributed by atoms with Gasteiger partial charge in [0.15, 0.2) is 4.90 Å². The first kappa shape index (κ1) is 19.1. The number of pyridine rings is 1. The highest BCUT2D eigenvalue weighted by atomic mass is 32.2. The number of carbonyl (C=O) groups is 1. The van der Waals surface area contributed by atoms with Gasteiger partial charge in [-0.25, -0.2) is 9.78 Å². The number of nitrogens with zero attached hydrogens (tertiary/aromatic N) is 1. The van der Waals surface area contributed by atoms with Gasteiger partial charge >= 0.3 is 5.97 Å². The van der Waals surface area contributed by atoms with Crippen molar-refractivity contribution in [3.8, 4) is 0 Å². The topological polar surface area (TPSA) is 111 Å². The standard InChI is InChI=1S/C19H17N3O3S2/c1-3-14-16(9-11(2)19(23)24)22-18(15-7-8-26-17(14)15)21-12-5-4-6-13(10-12)27(20)25/h3-10H,1,20H2,2H3,(H,21,22)(H,23,24)/b11-9+. The molecule has 0 spiro atoms. The van der Waals surface area contributed by atoms with E-state index in [1.54, 1.807) is 24.3 Å². The van der Waals surface area contributed by atoms with Crippen LogP contribution in [0.4, 0.5) is 11.5 Å². The predicted molar refractivity (Wildman–Crippen MR) is 111 cm³/mol. The lowest BCUT2D eigenvalue weighted by atomic mass is 10.1. The van der Waals surface area contributed by atoms with Crippen LogP contribution in [0.15, 0.2) is 52.8 Å². The Hall–Kier alpha value is -2.65. The number of anilines is 2. The lowest BCUT2D eigenvalue weighted by molar-refractivity contribution is -0.132. The molecule has 0 aliphatic heterocycles. The Morgan fingerprint density at radius 1 is 1.44 bits per heavy atom. The summed E-state index contributed by atoms with van der Waals surface area (Å²) in [6.07, 6.45) is 3.20. The van der Waals surface area contributed by atoms with Crippen LogP contribution in [0.3, 0.4) is 0 Å². The highest BCUT2D eigenvalue weighted by Crippen LogP contribution is 2.35. The van der Waals surface area contributed by atoms with Crippen LogP contribution in [0.2, 0.25) is 0 Å². The van der Waals surface area contributed by atoms with Crippen molar-refractivity contribution in [2.45, 2.75) is 11.8 Å². The molecule has 1 atom stereocenters. The van der Waals surface area contributed by atoms with Crippen molar-refractivity contribution in [2.75, 3.05) is 5.32 Å². The number of aromatic nitrogens is 1. The largest absolute Gasteiger partial charge is 0.593 e. The zero-order valence-electron chi connectivity index (χ0n) is 14.4. The molecular weight excluding hydrogens is 382 g/mol. The van der Waals surface area contributed by atoms with E-state index >= 15 is 0 Å². The summed E-state index contributed by atoms with van der Waals surface area (Å²) in [6.45, 7) is 5.36. The average molecular weight is 399 g/mol. The van der Waals surface area contributed by atoms with Gasteiger partial charge in [0.05, 0.1) is 17.1 Å². The number of aliphatic carboxylic acids is 1. The van der Waals surface area contributed by atoms with Crippen molar-refractivity contribution in [3.63, 3.8) is 0 Å². The van der Waals surface area contributed by atoms with Crippen LogP contribution in [-0.2, 0) is 16.2 Å². The summed E-state index contributed by atoms with van der Waals surface area (Å²) in [5, 5.41) is 20.7. The van der Waals surface area contributed by atoms with Crippen LogP contribution in [0.5, 0.6) is 0 Å². The molecule has 0 aliphatic carbocycles. The average Bonchev–Trinajstić information content (AvgIpc) is 3.12. The second-order valence-corrected chi connectivity index (χ2v) is 7.69. The number of thiophene rings is 1. The molecule has 0 radical (unpaired) electrons. The van der Waals surface area contributed by atoms with E-state index in [-0.39, 0.29) is 5.57 Å². The first-order chi connectivity index (χ1) is 12.9. The second-order valence-electron chi connectivity index (χ2n) is 5.71. The van der Waals surface area contributed by atoms with E-state index in [0.717, 1.165) is 15.6 Å². The van der Waals surface area contributed by atoms with Crippen molar-refractivity contribution in [2.24, 2.45) is 5.14 Å². The van der Waals surface area contributed by atoms with Gasteiger partial charge < -0.3 is 15.0 Å². The molecule has 1 aromatic carbocycles. The Morgan fingerprint density at radius 2 is 2.22 bits per heavy atom. The molecule has 0 saturated heterocycles. The zero-order valence-corrected chi connectivity index (χ0v) is 16.1. The third kappa shape index (κ3) is 4.04. The molecule has 3 rings (SSSR count). The van der Waals surface area contributed by atoms with Crippen LogP contribution in [0, 0.1) is 0 Å². The van der Waals surface area contributed by atoms with Crippen LogP contribution < -0.4 is 10.5 Å². The molecule has 2 heterocycles. The third-order valence-electron chi connectivity index (χ3n) is 3.90. The lowest BCUT2D eigenvalue weighted by Crippen LogP contribution is -2.12. The van der Waals surface area contributed by atoms with Gasteiger partial charge in [0, 0.05) is 33.0 Å². The van der Waals surface area contributed by atoms with E-state index in [2.05, 4.69) is 16.9 Å². The highest BCUT2D eigenvalue weighted by molar-refractivity contribution is 7.89. The minimum atomic E-state index is -1.59. The molecule has 0 bridgehead atoms. The minimum Gasteiger partial charge on any atom is -0.593 e. The molecule has 0 fully saturated rings. The third-order valence-corrected chi connectivity index (χ3v) is 5.56. The Kier molecular flexibility index (Phi) is 5.62. The number of carboxylic acids is 1. The van der Waals surface area contributed by atoms with Crippen LogP contribution >= 0.6 is 11.3 Å².